The van der Waals surface area contributed by atoms with Crippen LogP contribution in [0.2, 0.25) is 0 Å². The van der Waals surface area contributed by atoms with Crippen molar-refractivity contribution >= 4 is 0 Å². The van der Waals surface area contributed by atoms with Crippen molar-refractivity contribution in [3.05, 3.63) is 18.2 Å². The van der Waals surface area contributed by atoms with Crippen LogP contribution in [0.15, 0.2) is 12.4 Å². The van der Waals surface area contributed by atoms with E-state index in [9.17, 15) is 0 Å². The fourth-order valence-electron chi connectivity index (χ4n) is 6.43. The number of nitrogens with zero attached hydrogens (tertiary/aromatic N) is 1. The van der Waals surface area contributed by atoms with E-state index in [-0.39, 0.29) is 0 Å². The molecule has 0 fully saturated rings. The van der Waals surface area contributed by atoms with Gasteiger partial charge in [-0.3, -0.25) is 0 Å². The van der Waals surface area contributed by atoms with Gasteiger partial charge in [0.25, 0.3) is 5.82 Å². The van der Waals surface area contributed by atoms with Crippen LogP contribution in [0, 0.1) is 0 Å². The Bertz CT molecular complexity index is 606. The third kappa shape index (κ3) is 19.8. The van der Waals surface area contributed by atoms with Gasteiger partial charge in [0.1, 0.15) is 12.4 Å². The van der Waals surface area contributed by atoms with Crippen LogP contribution < -0.4 is 4.57 Å². The molecule has 0 spiro atoms. The Balaban J connectivity index is 2.37. The molecule has 2 unspecified atom stereocenters. The summed E-state index contributed by atoms with van der Waals surface area (Å²) in [6, 6.07) is 0.620. The number of rotatable bonds is 30. The summed E-state index contributed by atoms with van der Waals surface area (Å²) in [4.78, 5) is 3.72. The molecule has 1 aromatic heterocycles. The maximum absolute atomic E-state index is 3.72. The summed E-state index contributed by atoms with van der Waals surface area (Å²) < 4.78 is 2.61. The van der Waals surface area contributed by atoms with Crippen molar-refractivity contribution in [2.24, 2.45) is 0 Å². The fourth-order valence-corrected chi connectivity index (χ4v) is 6.43. The predicted octanol–water partition coefficient (Wildman–Crippen LogP) is 12.9. The summed E-state index contributed by atoms with van der Waals surface area (Å²) in [6.45, 7) is 9.38. The standard InChI is InChI=1S/C37H72N2/c1-5-8-11-13-15-17-19-20-22-24-26-29-32-36(31-28-25-23-21-18-16-14-12-9-6-2)37-38-33-34-39(37)35(4)30-27-10-7-3/h33-36H,5-32H2,1-4H3/p+1. The second kappa shape index (κ2) is 27.4. The normalized spacial score (nSPS) is 13.2. The molecule has 0 aliphatic heterocycles. The van der Waals surface area contributed by atoms with Crippen LogP contribution in [-0.4, -0.2) is 4.98 Å². The van der Waals surface area contributed by atoms with Crippen LogP contribution in [-0.2, 0) is 0 Å². The molecular weight excluding hydrogens is 472 g/mol. The molecule has 0 radical (unpaired) electrons. The minimum Gasteiger partial charge on any atom is -0.247 e. The van der Waals surface area contributed by atoms with E-state index in [2.05, 4.69) is 49.6 Å². The first-order valence-corrected chi connectivity index (χ1v) is 18.3. The molecule has 1 rings (SSSR count). The predicted molar refractivity (Wildman–Crippen MR) is 175 cm³/mol. The zero-order valence-electron chi connectivity index (χ0n) is 27.6. The first-order chi connectivity index (χ1) is 19.2. The third-order valence-electron chi connectivity index (χ3n) is 9.14. The average Bonchev–Trinajstić information content (AvgIpc) is 3.43. The minimum atomic E-state index is 0.620. The van der Waals surface area contributed by atoms with Gasteiger partial charge in [0.2, 0.25) is 0 Å². The Morgan fingerprint density at radius 2 is 0.821 bits per heavy atom. The lowest BCUT2D eigenvalue weighted by Gasteiger charge is -2.17. The van der Waals surface area contributed by atoms with Gasteiger partial charge >= 0.3 is 0 Å². The number of hydrogen-bond donors (Lipinski definition) is 1. The highest BCUT2D eigenvalue weighted by atomic mass is 15.1. The van der Waals surface area contributed by atoms with Gasteiger partial charge in [-0.05, 0) is 32.6 Å². The molecule has 0 amide bonds. The van der Waals surface area contributed by atoms with Crippen molar-refractivity contribution in [3.8, 4) is 0 Å². The SMILES string of the molecule is CCCCCCCCCCCCCCC(CCCCCCCCCCCC)c1[nH]cc[n+]1C(C)CCCCC. The number of unbranched alkanes of at least 4 members (excludes halogenated alkanes) is 22. The maximum atomic E-state index is 3.72. The minimum absolute atomic E-state index is 0.620. The van der Waals surface area contributed by atoms with Gasteiger partial charge < -0.3 is 0 Å². The molecule has 0 saturated heterocycles. The Morgan fingerprint density at radius 1 is 0.487 bits per heavy atom. The smallest absolute Gasteiger partial charge is 0.247 e. The summed E-state index contributed by atoms with van der Waals surface area (Å²) in [7, 11) is 0. The largest absolute Gasteiger partial charge is 0.257 e. The number of aromatic nitrogens is 2. The first kappa shape index (κ1) is 36.2. The summed E-state index contributed by atoms with van der Waals surface area (Å²) in [6.07, 6.45) is 44.3. The number of aromatic amines is 1. The lowest BCUT2D eigenvalue weighted by atomic mass is 9.92. The van der Waals surface area contributed by atoms with E-state index in [0.29, 0.717) is 12.0 Å². The number of H-pyrrole nitrogens is 1. The third-order valence-corrected chi connectivity index (χ3v) is 9.14. The lowest BCUT2D eigenvalue weighted by molar-refractivity contribution is -0.727. The second-order valence-corrected chi connectivity index (χ2v) is 12.9. The zero-order valence-corrected chi connectivity index (χ0v) is 27.6. The highest BCUT2D eigenvalue weighted by Crippen LogP contribution is 2.27. The van der Waals surface area contributed by atoms with E-state index in [1.807, 2.05) is 0 Å². The topological polar surface area (TPSA) is 19.7 Å². The highest BCUT2D eigenvalue weighted by Gasteiger charge is 2.25. The van der Waals surface area contributed by atoms with E-state index in [1.54, 1.807) is 0 Å². The summed E-state index contributed by atoms with van der Waals surface area (Å²) in [5, 5.41) is 0. The molecule has 0 aliphatic carbocycles. The van der Waals surface area contributed by atoms with Crippen LogP contribution in [0.4, 0.5) is 0 Å². The molecule has 1 heterocycles. The van der Waals surface area contributed by atoms with Gasteiger partial charge in [0.15, 0.2) is 0 Å². The molecule has 0 saturated carbocycles. The maximum Gasteiger partial charge on any atom is 0.257 e. The van der Waals surface area contributed by atoms with E-state index >= 15 is 0 Å². The molecular formula is C37H73N2+. The van der Waals surface area contributed by atoms with Gasteiger partial charge in [-0.1, -0.05) is 175 Å². The van der Waals surface area contributed by atoms with Crippen molar-refractivity contribution in [1.29, 1.82) is 0 Å². The van der Waals surface area contributed by atoms with Crippen molar-refractivity contribution in [2.75, 3.05) is 0 Å². The van der Waals surface area contributed by atoms with Crippen LogP contribution in [0.5, 0.6) is 0 Å². The second-order valence-electron chi connectivity index (χ2n) is 12.9. The van der Waals surface area contributed by atoms with Crippen molar-refractivity contribution in [2.45, 2.75) is 219 Å². The fraction of sp³-hybridized carbons (Fsp3) is 0.919. The van der Waals surface area contributed by atoms with Crippen LogP contribution in [0.3, 0.4) is 0 Å². The molecule has 1 N–H and O–H groups in total. The van der Waals surface area contributed by atoms with Gasteiger partial charge in [-0.25, -0.2) is 9.55 Å². The summed E-state index contributed by atoms with van der Waals surface area (Å²) in [5.41, 5.74) is 0. The number of hydrogen-bond acceptors (Lipinski definition) is 0. The molecule has 2 heteroatoms. The molecule has 39 heavy (non-hydrogen) atoms. The van der Waals surface area contributed by atoms with Gasteiger partial charge in [-0.2, -0.15) is 0 Å². The molecule has 230 valence electrons. The number of imidazole rings is 1. The van der Waals surface area contributed by atoms with Crippen molar-refractivity contribution in [1.82, 2.24) is 4.98 Å². The Labute approximate surface area is 246 Å². The Morgan fingerprint density at radius 3 is 1.23 bits per heavy atom. The zero-order chi connectivity index (χ0) is 28.2. The van der Waals surface area contributed by atoms with Crippen LogP contribution >= 0.6 is 0 Å². The molecule has 1 aromatic rings. The average molecular weight is 546 g/mol. The molecule has 0 aliphatic rings. The van der Waals surface area contributed by atoms with Crippen LogP contribution in [0.25, 0.3) is 0 Å². The first-order valence-electron chi connectivity index (χ1n) is 18.3. The Hall–Kier alpha value is -0.790. The quantitative estimate of drug-likeness (QED) is 0.0732. The van der Waals surface area contributed by atoms with Crippen LogP contribution in [0.1, 0.15) is 225 Å². The van der Waals surface area contributed by atoms with Gasteiger partial charge in [-0.15, -0.1) is 0 Å². The van der Waals surface area contributed by atoms with Crippen molar-refractivity contribution < 1.29 is 4.57 Å². The number of nitrogens with one attached hydrogen (secondary N) is 1. The molecule has 2 nitrogen and oxygen atoms in total. The highest BCUT2D eigenvalue weighted by molar-refractivity contribution is 4.90. The van der Waals surface area contributed by atoms with Gasteiger partial charge in [0, 0.05) is 0 Å². The lowest BCUT2D eigenvalue weighted by Crippen LogP contribution is -2.41. The van der Waals surface area contributed by atoms with E-state index in [0.717, 1.165) is 0 Å². The van der Waals surface area contributed by atoms with E-state index in [1.165, 1.54) is 186 Å². The Kier molecular flexibility index (Phi) is 25.4. The summed E-state index contributed by atoms with van der Waals surface area (Å²) >= 11 is 0. The van der Waals surface area contributed by atoms with E-state index < -0.39 is 0 Å². The van der Waals surface area contributed by atoms with Crippen molar-refractivity contribution in [3.63, 3.8) is 0 Å². The van der Waals surface area contributed by atoms with E-state index in [4.69, 9.17) is 0 Å². The monoisotopic (exact) mass is 546 g/mol. The summed E-state index contributed by atoms with van der Waals surface area (Å²) in [5.74, 6) is 2.24. The molecule has 2 atom stereocenters. The molecule has 0 bridgehead atoms. The van der Waals surface area contributed by atoms with Gasteiger partial charge in [0.05, 0.1) is 12.0 Å². The molecule has 0 aromatic carbocycles.